The summed E-state index contributed by atoms with van der Waals surface area (Å²) in [5, 5.41) is 10.4. The van der Waals surface area contributed by atoms with Gasteiger partial charge in [-0.05, 0) is 37.3 Å². The summed E-state index contributed by atoms with van der Waals surface area (Å²) in [4.78, 5) is 22.4. The van der Waals surface area contributed by atoms with E-state index in [4.69, 9.17) is 4.74 Å². The zero-order valence-corrected chi connectivity index (χ0v) is 16.7. The number of fused-ring (bicyclic) bond motifs is 1. The third kappa shape index (κ3) is 4.32. The van der Waals surface area contributed by atoms with E-state index in [1.165, 1.54) is 12.1 Å². The van der Waals surface area contributed by atoms with Crippen LogP contribution in [0.25, 0.3) is 0 Å². The van der Waals surface area contributed by atoms with Crippen molar-refractivity contribution in [3.05, 3.63) is 54.2 Å². The van der Waals surface area contributed by atoms with Gasteiger partial charge >= 0.3 is 0 Å². The lowest BCUT2D eigenvalue weighted by Crippen LogP contribution is -2.44. The summed E-state index contributed by atoms with van der Waals surface area (Å²) in [5.74, 6) is 1.37. The lowest BCUT2D eigenvalue weighted by molar-refractivity contribution is -0.117. The first-order valence-corrected chi connectivity index (χ1v) is 9.55. The Morgan fingerprint density at radius 2 is 2.07 bits per heavy atom. The van der Waals surface area contributed by atoms with Gasteiger partial charge in [-0.1, -0.05) is 0 Å². The SMILES string of the molecule is C[C@H]1C(=O)Nc2cnc(NCc3ccn(CCOc4ccc(F)cc4)n3)nc2N1C. The molecule has 0 bridgehead atoms. The molecular weight excluding hydrogens is 389 g/mol. The van der Waals surface area contributed by atoms with Gasteiger partial charge in [0.25, 0.3) is 0 Å². The van der Waals surface area contributed by atoms with Crippen LogP contribution < -0.4 is 20.3 Å². The molecule has 1 aliphatic heterocycles. The molecule has 2 aromatic heterocycles. The second kappa shape index (κ2) is 8.36. The van der Waals surface area contributed by atoms with Gasteiger partial charge in [0.05, 0.1) is 25.0 Å². The number of nitrogens with zero attached hydrogens (tertiary/aromatic N) is 5. The predicted octanol–water partition coefficient (Wildman–Crippen LogP) is 2.28. The Morgan fingerprint density at radius 3 is 2.87 bits per heavy atom. The Bertz CT molecular complexity index is 1040. The molecule has 0 aliphatic carbocycles. The number of nitrogens with one attached hydrogen (secondary N) is 2. The molecule has 0 unspecified atom stereocenters. The normalized spacial score (nSPS) is 15.5. The smallest absolute Gasteiger partial charge is 0.246 e. The van der Waals surface area contributed by atoms with Crippen LogP contribution in [0.15, 0.2) is 42.7 Å². The highest BCUT2D eigenvalue weighted by atomic mass is 19.1. The van der Waals surface area contributed by atoms with Crippen molar-refractivity contribution in [1.82, 2.24) is 19.7 Å². The number of rotatable bonds is 7. The minimum atomic E-state index is -0.298. The fourth-order valence-electron chi connectivity index (χ4n) is 2.99. The Kier molecular flexibility index (Phi) is 5.46. The van der Waals surface area contributed by atoms with Crippen molar-refractivity contribution in [2.75, 3.05) is 29.2 Å². The summed E-state index contributed by atoms with van der Waals surface area (Å²) in [7, 11) is 1.83. The van der Waals surface area contributed by atoms with Crippen LogP contribution in [0.3, 0.4) is 0 Å². The molecule has 156 valence electrons. The van der Waals surface area contributed by atoms with Crippen molar-refractivity contribution in [2.24, 2.45) is 0 Å². The molecule has 0 saturated heterocycles. The van der Waals surface area contributed by atoms with Gasteiger partial charge in [0.15, 0.2) is 5.82 Å². The molecule has 10 heteroatoms. The van der Waals surface area contributed by atoms with Crippen LogP contribution >= 0.6 is 0 Å². The van der Waals surface area contributed by atoms with Crippen molar-refractivity contribution >= 4 is 23.4 Å². The number of anilines is 3. The standard InChI is InChI=1S/C20H22FN7O2/c1-13-19(29)24-17-12-23-20(25-18(17)27(13)2)22-11-15-7-8-28(26-15)9-10-30-16-5-3-14(21)4-6-16/h3-8,12-13H,9-11H2,1-2H3,(H,24,29)(H,22,23,25)/t13-/m0/s1. The maximum atomic E-state index is 12.9. The van der Waals surface area contributed by atoms with Crippen LogP contribution in [0.1, 0.15) is 12.6 Å². The Hall–Kier alpha value is -3.69. The molecule has 1 amide bonds. The molecule has 1 aromatic carbocycles. The first kappa shape index (κ1) is 19.6. The summed E-state index contributed by atoms with van der Waals surface area (Å²) in [6, 6.07) is 7.52. The van der Waals surface area contributed by atoms with Crippen molar-refractivity contribution in [3.63, 3.8) is 0 Å². The number of aromatic nitrogens is 4. The van der Waals surface area contributed by atoms with E-state index in [-0.39, 0.29) is 17.8 Å². The number of hydrogen-bond donors (Lipinski definition) is 2. The van der Waals surface area contributed by atoms with Crippen LogP contribution in [0.4, 0.5) is 21.8 Å². The van der Waals surface area contributed by atoms with Crippen LogP contribution in [-0.2, 0) is 17.9 Å². The first-order valence-electron chi connectivity index (χ1n) is 9.55. The van der Waals surface area contributed by atoms with Crippen LogP contribution in [0.5, 0.6) is 5.75 Å². The van der Waals surface area contributed by atoms with Crippen molar-refractivity contribution < 1.29 is 13.9 Å². The molecule has 1 aliphatic rings. The number of ether oxygens (including phenoxy) is 1. The number of hydrogen-bond acceptors (Lipinski definition) is 7. The van der Waals surface area contributed by atoms with Gasteiger partial charge in [0, 0.05) is 13.2 Å². The van der Waals surface area contributed by atoms with Crippen molar-refractivity contribution in [3.8, 4) is 5.75 Å². The summed E-state index contributed by atoms with van der Waals surface area (Å²) in [6.07, 6.45) is 3.46. The lowest BCUT2D eigenvalue weighted by atomic mass is 10.2. The van der Waals surface area contributed by atoms with E-state index in [9.17, 15) is 9.18 Å². The minimum Gasteiger partial charge on any atom is -0.492 e. The van der Waals surface area contributed by atoms with E-state index in [1.807, 2.05) is 31.1 Å². The van der Waals surface area contributed by atoms with E-state index in [0.29, 0.717) is 42.9 Å². The average molecular weight is 411 g/mol. The second-order valence-corrected chi connectivity index (χ2v) is 6.93. The Balaban J connectivity index is 1.30. The van der Waals surface area contributed by atoms with Gasteiger partial charge in [-0.3, -0.25) is 9.48 Å². The second-order valence-electron chi connectivity index (χ2n) is 6.93. The van der Waals surface area contributed by atoms with E-state index in [2.05, 4.69) is 25.7 Å². The average Bonchev–Trinajstić information content (AvgIpc) is 3.20. The predicted molar refractivity (Wildman–Crippen MR) is 110 cm³/mol. The largest absolute Gasteiger partial charge is 0.492 e. The van der Waals surface area contributed by atoms with Crippen LogP contribution in [0.2, 0.25) is 0 Å². The van der Waals surface area contributed by atoms with E-state index < -0.39 is 0 Å². The molecule has 1 atom stereocenters. The topological polar surface area (TPSA) is 97.2 Å². The zero-order chi connectivity index (χ0) is 21.1. The molecule has 9 nitrogen and oxygen atoms in total. The van der Waals surface area contributed by atoms with Crippen molar-refractivity contribution in [1.29, 1.82) is 0 Å². The highest BCUT2D eigenvalue weighted by Gasteiger charge is 2.28. The first-order chi connectivity index (χ1) is 14.5. The minimum absolute atomic E-state index is 0.0803. The molecule has 0 spiro atoms. The quantitative estimate of drug-likeness (QED) is 0.616. The highest BCUT2D eigenvalue weighted by Crippen LogP contribution is 2.28. The Labute approximate surface area is 172 Å². The number of amides is 1. The fraction of sp³-hybridized carbons (Fsp3) is 0.300. The summed E-state index contributed by atoms with van der Waals surface area (Å²) in [5.41, 5.74) is 1.42. The molecule has 30 heavy (non-hydrogen) atoms. The zero-order valence-electron chi connectivity index (χ0n) is 16.7. The molecule has 4 rings (SSSR count). The summed E-state index contributed by atoms with van der Waals surface area (Å²) >= 11 is 0. The maximum Gasteiger partial charge on any atom is 0.246 e. The van der Waals surface area contributed by atoms with Gasteiger partial charge in [-0.25, -0.2) is 9.37 Å². The molecular formula is C20H22FN7O2. The number of carbonyl (C=O) groups is 1. The van der Waals surface area contributed by atoms with Gasteiger partial charge in [-0.2, -0.15) is 10.1 Å². The summed E-state index contributed by atoms with van der Waals surface area (Å²) in [6.45, 7) is 3.26. The van der Waals surface area contributed by atoms with Crippen LogP contribution in [-0.4, -0.2) is 45.4 Å². The monoisotopic (exact) mass is 411 g/mol. The third-order valence-corrected chi connectivity index (χ3v) is 4.85. The summed E-state index contributed by atoms with van der Waals surface area (Å²) < 4.78 is 20.3. The fourth-order valence-corrected chi connectivity index (χ4v) is 2.99. The third-order valence-electron chi connectivity index (χ3n) is 4.85. The van der Waals surface area contributed by atoms with Crippen molar-refractivity contribution in [2.45, 2.75) is 26.1 Å². The molecule has 0 saturated carbocycles. The van der Waals surface area contributed by atoms with E-state index in [1.54, 1.807) is 23.0 Å². The molecule has 0 radical (unpaired) electrons. The van der Waals surface area contributed by atoms with Gasteiger partial charge < -0.3 is 20.3 Å². The number of carbonyl (C=O) groups excluding carboxylic acids is 1. The van der Waals surface area contributed by atoms with Gasteiger partial charge in [-0.15, -0.1) is 0 Å². The van der Waals surface area contributed by atoms with E-state index in [0.717, 1.165) is 5.69 Å². The van der Waals surface area contributed by atoms with Crippen LogP contribution in [0, 0.1) is 5.82 Å². The number of benzene rings is 1. The highest BCUT2D eigenvalue weighted by molar-refractivity contribution is 6.02. The molecule has 3 aromatic rings. The maximum absolute atomic E-state index is 12.9. The van der Waals surface area contributed by atoms with Gasteiger partial charge in [0.1, 0.15) is 29.9 Å². The van der Waals surface area contributed by atoms with Gasteiger partial charge in [0.2, 0.25) is 11.9 Å². The Morgan fingerprint density at radius 1 is 1.27 bits per heavy atom. The van der Waals surface area contributed by atoms with E-state index >= 15 is 0 Å². The molecule has 3 heterocycles. The number of likely N-dealkylation sites (N-methyl/N-ethyl adjacent to an activating group) is 1. The lowest BCUT2D eigenvalue weighted by Gasteiger charge is -2.31. The molecule has 0 fully saturated rings. The number of halogens is 1. The molecule has 2 N–H and O–H groups in total.